The highest BCUT2D eigenvalue weighted by Gasteiger charge is 2.24. The lowest BCUT2D eigenvalue weighted by Gasteiger charge is -2.25. The zero-order valence-corrected chi connectivity index (χ0v) is 10.7. The molecule has 19 heavy (non-hydrogen) atoms. The van der Waals surface area contributed by atoms with Crippen molar-refractivity contribution in [1.82, 2.24) is 14.7 Å². The number of nitrogens with zero attached hydrogens (tertiary/aromatic N) is 2. The zero-order valence-electron chi connectivity index (χ0n) is 10.7. The van der Waals surface area contributed by atoms with Gasteiger partial charge in [-0.25, -0.2) is 4.98 Å². The van der Waals surface area contributed by atoms with E-state index in [1.165, 1.54) is 0 Å². The van der Waals surface area contributed by atoms with Crippen molar-refractivity contribution < 1.29 is 15.0 Å². The maximum atomic E-state index is 11.8. The van der Waals surface area contributed by atoms with Crippen LogP contribution in [-0.4, -0.2) is 44.3 Å². The third kappa shape index (κ3) is 3.10. The van der Waals surface area contributed by atoms with Crippen molar-refractivity contribution in [2.75, 3.05) is 13.2 Å². The number of carbonyl (C=O) groups excluding carboxylic acids is 1. The molecule has 3 N–H and O–H groups in total. The number of imidazole rings is 1. The second kappa shape index (κ2) is 5.38. The topological polar surface area (TPSA) is 86.9 Å². The molecule has 0 atom stereocenters. The van der Waals surface area contributed by atoms with Gasteiger partial charge in [-0.05, 0) is 19.1 Å². The Hall–Kier alpha value is -1.92. The molecule has 6 heteroatoms. The maximum absolute atomic E-state index is 11.8. The lowest BCUT2D eigenvalue weighted by Crippen LogP contribution is -2.52. The molecule has 0 aromatic carbocycles. The van der Waals surface area contributed by atoms with E-state index in [0.717, 1.165) is 5.65 Å². The molecule has 6 nitrogen and oxygen atoms in total. The first-order chi connectivity index (χ1) is 9.06. The van der Waals surface area contributed by atoms with Gasteiger partial charge < -0.3 is 19.9 Å². The van der Waals surface area contributed by atoms with Crippen molar-refractivity contribution in [3.8, 4) is 0 Å². The highest BCUT2D eigenvalue weighted by molar-refractivity contribution is 5.79. The molecule has 2 heterocycles. The van der Waals surface area contributed by atoms with Crippen LogP contribution in [-0.2, 0) is 11.2 Å². The minimum Gasteiger partial charge on any atom is -0.394 e. The fourth-order valence-electron chi connectivity index (χ4n) is 1.75. The van der Waals surface area contributed by atoms with E-state index in [2.05, 4.69) is 10.3 Å². The van der Waals surface area contributed by atoms with E-state index in [1.807, 2.05) is 28.8 Å². The quantitative estimate of drug-likeness (QED) is 0.693. The molecule has 0 aliphatic heterocycles. The number of pyridine rings is 1. The molecule has 0 aliphatic carbocycles. The van der Waals surface area contributed by atoms with Crippen LogP contribution in [0.2, 0.25) is 0 Å². The molecule has 1 amide bonds. The summed E-state index contributed by atoms with van der Waals surface area (Å²) in [6.07, 6.45) is 3.75. The van der Waals surface area contributed by atoms with Gasteiger partial charge >= 0.3 is 0 Å². The minimum atomic E-state index is -1.00. The van der Waals surface area contributed by atoms with Crippen molar-refractivity contribution in [1.29, 1.82) is 0 Å². The molecular weight excluding hydrogens is 246 g/mol. The van der Waals surface area contributed by atoms with Crippen molar-refractivity contribution in [3.63, 3.8) is 0 Å². The number of hydrogen-bond acceptors (Lipinski definition) is 4. The van der Waals surface area contributed by atoms with Gasteiger partial charge in [0.1, 0.15) is 5.65 Å². The Kier molecular flexibility index (Phi) is 3.82. The molecule has 0 unspecified atom stereocenters. The van der Waals surface area contributed by atoms with Gasteiger partial charge in [0.2, 0.25) is 5.91 Å². The van der Waals surface area contributed by atoms with Gasteiger partial charge in [-0.1, -0.05) is 6.07 Å². The highest BCUT2D eigenvalue weighted by atomic mass is 16.3. The minimum absolute atomic E-state index is 0.108. The van der Waals surface area contributed by atoms with Gasteiger partial charge in [0, 0.05) is 12.4 Å². The normalized spacial score (nSPS) is 11.7. The standard InChI is InChI=1S/C13H17N3O3/c1-13(8-17,9-18)15-12(19)6-10-7-16-5-3-2-4-11(16)14-10/h2-5,7,17-18H,6,8-9H2,1H3,(H,15,19). The molecule has 0 spiro atoms. The summed E-state index contributed by atoms with van der Waals surface area (Å²) in [7, 11) is 0. The summed E-state index contributed by atoms with van der Waals surface area (Å²) >= 11 is 0. The summed E-state index contributed by atoms with van der Waals surface area (Å²) in [6, 6.07) is 5.61. The number of aromatic nitrogens is 2. The molecule has 0 aliphatic rings. The van der Waals surface area contributed by atoms with E-state index in [4.69, 9.17) is 10.2 Å². The van der Waals surface area contributed by atoms with E-state index in [9.17, 15) is 4.79 Å². The smallest absolute Gasteiger partial charge is 0.226 e. The predicted octanol–water partition coefficient (Wildman–Crippen LogP) is -0.264. The van der Waals surface area contributed by atoms with Crippen molar-refractivity contribution in [2.24, 2.45) is 0 Å². The molecule has 2 aromatic rings. The van der Waals surface area contributed by atoms with Crippen molar-refractivity contribution >= 4 is 11.6 Å². The van der Waals surface area contributed by atoms with Crippen LogP contribution < -0.4 is 5.32 Å². The Morgan fingerprint density at radius 1 is 1.42 bits per heavy atom. The highest BCUT2D eigenvalue weighted by Crippen LogP contribution is 2.06. The second-order valence-electron chi connectivity index (χ2n) is 4.80. The van der Waals surface area contributed by atoms with Crippen LogP contribution in [0.4, 0.5) is 0 Å². The zero-order chi connectivity index (χ0) is 13.9. The monoisotopic (exact) mass is 263 g/mol. The summed E-state index contributed by atoms with van der Waals surface area (Å²) in [5.41, 5.74) is 0.412. The number of aliphatic hydroxyl groups excluding tert-OH is 2. The fourth-order valence-corrected chi connectivity index (χ4v) is 1.75. The van der Waals surface area contributed by atoms with E-state index in [0.29, 0.717) is 5.69 Å². The third-order valence-corrected chi connectivity index (χ3v) is 2.89. The van der Waals surface area contributed by atoms with E-state index in [-0.39, 0.29) is 25.5 Å². The Morgan fingerprint density at radius 3 is 2.79 bits per heavy atom. The largest absolute Gasteiger partial charge is 0.394 e. The Balaban J connectivity index is 2.06. The summed E-state index contributed by atoms with van der Waals surface area (Å²) in [5.74, 6) is -0.283. The lowest BCUT2D eigenvalue weighted by molar-refractivity contribution is -0.123. The molecule has 0 bridgehead atoms. The van der Waals surface area contributed by atoms with Gasteiger partial charge in [-0.2, -0.15) is 0 Å². The average Bonchev–Trinajstić information content (AvgIpc) is 2.80. The van der Waals surface area contributed by atoms with Gasteiger partial charge in [-0.15, -0.1) is 0 Å². The summed E-state index contributed by atoms with van der Waals surface area (Å²) in [6.45, 7) is 0.940. The first-order valence-corrected chi connectivity index (χ1v) is 6.02. The lowest BCUT2D eigenvalue weighted by atomic mass is 10.1. The number of nitrogens with one attached hydrogen (secondary N) is 1. The Morgan fingerprint density at radius 2 is 2.16 bits per heavy atom. The van der Waals surface area contributed by atoms with Gasteiger partial charge in [0.25, 0.3) is 0 Å². The number of hydrogen-bond donors (Lipinski definition) is 3. The first kappa shape index (κ1) is 13.5. The molecule has 2 rings (SSSR count). The molecular formula is C13H17N3O3. The molecule has 0 radical (unpaired) electrons. The van der Waals surface area contributed by atoms with Gasteiger partial charge in [-0.3, -0.25) is 4.79 Å². The van der Waals surface area contributed by atoms with Crippen LogP contribution in [0, 0.1) is 0 Å². The van der Waals surface area contributed by atoms with Gasteiger partial charge in [0.15, 0.2) is 0 Å². The van der Waals surface area contributed by atoms with Crippen LogP contribution in [0.1, 0.15) is 12.6 Å². The van der Waals surface area contributed by atoms with Crippen LogP contribution in [0.25, 0.3) is 5.65 Å². The number of carbonyl (C=O) groups is 1. The summed E-state index contributed by atoms with van der Waals surface area (Å²) in [4.78, 5) is 16.2. The maximum Gasteiger partial charge on any atom is 0.226 e. The van der Waals surface area contributed by atoms with E-state index in [1.54, 1.807) is 13.1 Å². The number of amides is 1. The second-order valence-corrected chi connectivity index (χ2v) is 4.80. The van der Waals surface area contributed by atoms with Gasteiger partial charge in [0.05, 0.1) is 30.9 Å². The van der Waals surface area contributed by atoms with Crippen LogP contribution in [0.15, 0.2) is 30.6 Å². The molecule has 0 fully saturated rings. The fraction of sp³-hybridized carbons (Fsp3) is 0.385. The van der Waals surface area contributed by atoms with Crippen LogP contribution in [0.3, 0.4) is 0 Å². The average molecular weight is 263 g/mol. The molecule has 2 aromatic heterocycles. The number of fused-ring (bicyclic) bond motifs is 1. The van der Waals surface area contributed by atoms with E-state index < -0.39 is 5.54 Å². The Labute approximate surface area is 110 Å². The third-order valence-electron chi connectivity index (χ3n) is 2.89. The number of rotatable bonds is 5. The molecule has 0 saturated heterocycles. The summed E-state index contributed by atoms with van der Waals surface area (Å²) < 4.78 is 1.83. The van der Waals surface area contributed by atoms with Crippen molar-refractivity contribution in [3.05, 3.63) is 36.3 Å². The number of aliphatic hydroxyl groups is 2. The first-order valence-electron chi connectivity index (χ1n) is 6.02. The molecule has 102 valence electrons. The van der Waals surface area contributed by atoms with Crippen LogP contribution in [0.5, 0.6) is 0 Å². The predicted molar refractivity (Wildman–Crippen MR) is 69.6 cm³/mol. The Bertz CT molecular complexity index is 542. The van der Waals surface area contributed by atoms with Crippen LogP contribution >= 0.6 is 0 Å². The van der Waals surface area contributed by atoms with E-state index >= 15 is 0 Å². The van der Waals surface area contributed by atoms with Crippen molar-refractivity contribution in [2.45, 2.75) is 18.9 Å². The molecule has 0 saturated carbocycles. The summed E-state index contributed by atoms with van der Waals surface area (Å²) in [5, 5.41) is 20.8. The SMILES string of the molecule is CC(CO)(CO)NC(=O)Cc1cn2ccccc2n1.